The first-order valence-electron chi connectivity index (χ1n) is 10.2. The van der Waals surface area contributed by atoms with Gasteiger partial charge in [-0.3, -0.25) is 14.0 Å². The second kappa shape index (κ2) is 9.87. The first-order chi connectivity index (χ1) is 14.2. The molecular weight excluding hydrogens is 364 g/mol. The molecule has 1 aromatic carbocycles. The molecule has 0 bridgehead atoms. The highest BCUT2D eigenvalue weighted by Crippen LogP contribution is 2.15. The Kier molecular flexibility index (Phi) is 7.00. The summed E-state index contributed by atoms with van der Waals surface area (Å²) in [6.45, 7) is 5.95. The number of carbonyl (C=O) groups excluding carboxylic acids is 2. The third-order valence-corrected chi connectivity index (χ3v) is 4.77. The van der Waals surface area contributed by atoms with Gasteiger partial charge in [0.25, 0.3) is 11.8 Å². The highest BCUT2D eigenvalue weighted by molar-refractivity contribution is 6.02. The monoisotopic (exact) mass is 392 g/mol. The van der Waals surface area contributed by atoms with E-state index < -0.39 is 0 Å². The predicted molar refractivity (Wildman–Crippen MR) is 114 cm³/mol. The number of hydrogen-bond donors (Lipinski definition) is 1. The molecule has 6 nitrogen and oxygen atoms in total. The Hall–Kier alpha value is -3.15. The van der Waals surface area contributed by atoms with E-state index in [1.165, 1.54) is 0 Å². The molecule has 3 rings (SSSR count). The summed E-state index contributed by atoms with van der Waals surface area (Å²) < 4.78 is 1.72. The lowest BCUT2D eigenvalue weighted by molar-refractivity contribution is 0.0742. The molecule has 0 atom stereocenters. The van der Waals surface area contributed by atoms with Gasteiger partial charge < -0.3 is 10.2 Å². The van der Waals surface area contributed by atoms with E-state index >= 15 is 0 Å². The van der Waals surface area contributed by atoms with E-state index in [1.807, 2.05) is 62.4 Å². The normalized spacial score (nSPS) is 10.8. The first-order valence-corrected chi connectivity index (χ1v) is 10.2. The molecule has 3 aromatic rings. The zero-order valence-electron chi connectivity index (χ0n) is 17.1. The lowest BCUT2D eigenvalue weighted by Gasteiger charge is -2.20. The average molecular weight is 393 g/mol. The van der Waals surface area contributed by atoms with Crippen LogP contribution in [0.3, 0.4) is 0 Å². The van der Waals surface area contributed by atoms with Crippen molar-refractivity contribution in [2.45, 2.75) is 33.1 Å². The lowest BCUT2D eigenvalue weighted by Crippen LogP contribution is -2.34. The Labute approximate surface area is 171 Å². The summed E-state index contributed by atoms with van der Waals surface area (Å²) in [6, 6.07) is 15.5. The van der Waals surface area contributed by atoms with Gasteiger partial charge in [-0.05, 0) is 37.0 Å². The standard InChI is InChI=1S/C23H28N4O2/c1-3-15-26(16-4-2)23(29)21-25-20(19-12-8-9-17-27(19)21)22(28)24-14-13-18-10-6-5-7-11-18/h5-12,17H,3-4,13-16H2,1-2H3,(H,24,28). The van der Waals surface area contributed by atoms with Gasteiger partial charge in [0, 0.05) is 25.8 Å². The molecule has 6 heteroatoms. The molecule has 2 amide bonds. The Morgan fingerprint density at radius 3 is 2.38 bits per heavy atom. The van der Waals surface area contributed by atoms with Crippen molar-refractivity contribution in [2.75, 3.05) is 19.6 Å². The van der Waals surface area contributed by atoms with Gasteiger partial charge >= 0.3 is 0 Å². The molecule has 2 aromatic heterocycles. The minimum absolute atomic E-state index is 0.141. The number of rotatable bonds is 9. The topological polar surface area (TPSA) is 66.7 Å². The second-order valence-electron chi connectivity index (χ2n) is 7.02. The number of nitrogens with one attached hydrogen (secondary N) is 1. The summed E-state index contributed by atoms with van der Waals surface area (Å²) in [6.07, 6.45) is 4.28. The first kappa shape index (κ1) is 20.6. The summed E-state index contributed by atoms with van der Waals surface area (Å²) in [4.78, 5) is 32.1. The van der Waals surface area contributed by atoms with E-state index in [-0.39, 0.29) is 23.3 Å². The summed E-state index contributed by atoms with van der Waals surface area (Å²) in [7, 11) is 0. The van der Waals surface area contributed by atoms with E-state index in [4.69, 9.17) is 0 Å². The van der Waals surface area contributed by atoms with Crippen LogP contribution < -0.4 is 5.32 Å². The maximum atomic E-state index is 13.1. The molecule has 0 saturated heterocycles. The molecule has 0 radical (unpaired) electrons. The number of pyridine rings is 1. The average Bonchev–Trinajstić information content (AvgIpc) is 3.14. The molecule has 0 aliphatic carbocycles. The van der Waals surface area contributed by atoms with Crippen molar-refractivity contribution >= 4 is 17.3 Å². The summed E-state index contributed by atoms with van der Waals surface area (Å²) in [5, 5.41) is 2.93. The molecule has 1 N–H and O–H groups in total. The van der Waals surface area contributed by atoms with Crippen molar-refractivity contribution in [2.24, 2.45) is 0 Å². The van der Waals surface area contributed by atoms with Gasteiger partial charge in [0.05, 0.1) is 5.52 Å². The Morgan fingerprint density at radius 2 is 1.69 bits per heavy atom. The molecule has 2 heterocycles. The van der Waals surface area contributed by atoms with Crippen LogP contribution >= 0.6 is 0 Å². The zero-order valence-corrected chi connectivity index (χ0v) is 17.1. The van der Waals surface area contributed by atoms with Crippen LogP contribution in [0.1, 0.15) is 53.4 Å². The summed E-state index contributed by atoms with van der Waals surface area (Å²) in [5.74, 6) is -0.116. The van der Waals surface area contributed by atoms with E-state index in [1.54, 1.807) is 15.5 Å². The Bertz CT molecular complexity index is 959. The van der Waals surface area contributed by atoms with Crippen molar-refractivity contribution in [3.8, 4) is 0 Å². The van der Waals surface area contributed by atoms with Crippen LogP contribution in [-0.2, 0) is 6.42 Å². The Morgan fingerprint density at radius 1 is 1.00 bits per heavy atom. The third kappa shape index (κ3) is 4.83. The van der Waals surface area contributed by atoms with Gasteiger partial charge in [0.1, 0.15) is 0 Å². The number of aromatic nitrogens is 2. The molecule has 152 valence electrons. The number of carbonyl (C=O) groups is 2. The fraction of sp³-hybridized carbons (Fsp3) is 0.348. The zero-order chi connectivity index (χ0) is 20.6. The smallest absolute Gasteiger partial charge is 0.290 e. The highest BCUT2D eigenvalue weighted by Gasteiger charge is 2.24. The molecule has 0 spiro atoms. The van der Waals surface area contributed by atoms with E-state index in [9.17, 15) is 9.59 Å². The second-order valence-corrected chi connectivity index (χ2v) is 7.02. The minimum Gasteiger partial charge on any atom is -0.350 e. The number of nitrogens with zero attached hydrogens (tertiary/aromatic N) is 3. The van der Waals surface area contributed by atoms with Crippen LogP contribution in [-0.4, -0.2) is 45.7 Å². The van der Waals surface area contributed by atoms with Crippen molar-refractivity contribution in [3.63, 3.8) is 0 Å². The number of imidazole rings is 1. The van der Waals surface area contributed by atoms with E-state index in [0.29, 0.717) is 25.2 Å². The molecule has 0 unspecified atom stereocenters. The minimum atomic E-state index is -0.263. The van der Waals surface area contributed by atoms with Crippen molar-refractivity contribution < 1.29 is 9.59 Å². The fourth-order valence-corrected chi connectivity index (χ4v) is 3.40. The van der Waals surface area contributed by atoms with Gasteiger partial charge in [0.15, 0.2) is 5.69 Å². The van der Waals surface area contributed by atoms with Crippen LogP contribution in [0.15, 0.2) is 54.7 Å². The third-order valence-electron chi connectivity index (χ3n) is 4.77. The van der Waals surface area contributed by atoms with Gasteiger partial charge in [0.2, 0.25) is 5.82 Å². The van der Waals surface area contributed by atoms with Crippen molar-refractivity contribution in [1.29, 1.82) is 0 Å². The highest BCUT2D eigenvalue weighted by atomic mass is 16.2. The molecule has 29 heavy (non-hydrogen) atoms. The molecule has 0 aliphatic rings. The van der Waals surface area contributed by atoms with Gasteiger partial charge in [-0.25, -0.2) is 4.98 Å². The maximum Gasteiger partial charge on any atom is 0.290 e. The molecule has 0 aliphatic heterocycles. The molecular formula is C23H28N4O2. The number of amides is 2. The van der Waals surface area contributed by atoms with Crippen molar-refractivity contribution in [3.05, 3.63) is 71.8 Å². The van der Waals surface area contributed by atoms with Crippen LogP contribution in [0.2, 0.25) is 0 Å². The summed E-state index contributed by atoms with van der Waals surface area (Å²) >= 11 is 0. The van der Waals surface area contributed by atoms with Crippen LogP contribution in [0.4, 0.5) is 0 Å². The lowest BCUT2D eigenvalue weighted by atomic mass is 10.1. The largest absolute Gasteiger partial charge is 0.350 e. The SMILES string of the molecule is CCCN(CCC)C(=O)c1nc(C(=O)NCCc2ccccc2)c2ccccn12. The quantitative estimate of drug-likeness (QED) is 0.605. The van der Waals surface area contributed by atoms with Crippen molar-refractivity contribution in [1.82, 2.24) is 19.6 Å². The van der Waals surface area contributed by atoms with Crippen LogP contribution in [0.5, 0.6) is 0 Å². The fourth-order valence-electron chi connectivity index (χ4n) is 3.40. The number of hydrogen-bond acceptors (Lipinski definition) is 3. The number of benzene rings is 1. The van der Waals surface area contributed by atoms with Crippen LogP contribution in [0.25, 0.3) is 5.52 Å². The molecule has 0 saturated carbocycles. The van der Waals surface area contributed by atoms with Crippen LogP contribution in [0, 0.1) is 0 Å². The number of fused-ring (bicyclic) bond motifs is 1. The van der Waals surface area contributed by atoms with E-state index in [2.05, 4.69) is 10.3 Å². The van der Waals surface area contributed by atoms with Gasteiger partial charge in [-0.2, -0.15) is 0 Å². The van der Waals surface area contributed by atoms with Gasteiger partial charge in [-0.15, -0.1) is 0 Å². The predicted octanol–water partition coefficient (Wildman–Crippen LogP) is 3.57. The Balaban J connectivity index is 1.81. The van der Waals surface area contributed by atoms with Gasteiger partial charge in [-0.1, -0.05) is 50.2 Å². The summed E-state index contributed by atoms with van der Waals surface area (Å²) in [5.41, 5.74) is 2.09. The maximum absolute atomic E-state index is 13.1. The molecule has 0 fully saturated rings. The van der Waals surface area contributed by atoms with E-state index in [0.717, 1.165) is 24.8 Å².